The van der Waals surface area contributed by atoms with Crippen LogP contribution in [-0.2, 0) is 7.05 Å². The van der Waals surface area contributed by atoms with Crippen LogP contribution in [0.3, 0.4) is 0 Å². The van der Waals surface area contributed by atoms with E-state index in [9.17, 15) is 4.79 Å². The molecule has 1 aromatic carbocycles. The third kappa shape index (κ3) is 4.51. The number of methoxy groups -OCH3 is 1. The van der Waals surface area contributed by atoms with Crippen LogP contribution in [-0.4, -0.2) is 60.0 Å². The van der Waals surface area contributed by atoms with Crippen molar-refractivity contribution in [2.45, 2.75) is 19.3 Å². The molecule has 0 saturated carbocycles. The van der Waals surface area contributed by atoms with Gasteiger partial charge in [0, 0.05) is 39.8 Å². The first-order valence-corrected chi connectivity index (χ1v) is 10.8. The second-order valence-electron chi connectivity index (χ2n) is 8.07. The Morgan fingerprint density at radius 3 is 2.66 bits per heavy atom. The first kappa shape index (κ1) is 21.6. The van der Waals surface area contributed by atoms with Crippen molar-refractivity contribution in [2.75, 3.05) is 49.4 Å². The fourth-order valence-corrected chi connectivity index (χ4v) is 3.83. The van der Waals surface area contributed by atoms with Gasteiger partial charge in [0.1, 0.15) is 17.1 Å². The number of piperidine rings is 1. The van der Waals surface area contributed by atoms with Crippen LogP contribution >= 0.6 is 0 Å². The number of nitrogens with zero attached hydrogens (tertiary/aromatic N) is 6. The Kier molecular flexibility index (Phi) is 6.25. The number of amides is 1. The Hall–Kier alpha value is -3.62. The minimum absolute atomic E-state index is 0.272. The Morgan fingerprint density at radius 2 is 1.94 bits per heavy atom. The standard InChI is InChI=1S/C23H29N7O2/c1-28(2)21-19(15-24-23(26-21)30-11-6-5-7-12-30)25-22(31)20-14-18(27-29(20)3)16-9-8-10-17(13-16)32-4/h8-10,13-15H,5-7,11-12H2,1-4H3,(H,25,31). The Labute approximate surface area is 188 Å². The van der Waals surface area contributed by atoms with Gasteiger partial charge in [0.05, 0.1) is 19.0 Å². The van der Waals surface area contributed by atoms with Crippen LogP contribution < -0.4 is 19.9 Å². The molecule has 9 nitrogen and oxygen atoms in total. The van der Waals surface area contributed by atoms with Gasteiger partial charge in [0.15, 0.2) is 5.82 Å². The predicted molar refractivity (Wildman–Crippen MR) is 126 cm³/mol. The zero-order chi connectivity index (χ0) is 22.7. The van der Waals surface area contributed by atoms with E-state index in [1.54, 1.807) is 31.1 Å². The highest BCUT2D eigenvalue weighted by Crippen LogP contribution is 2.27. The van der Waals surface area contributed by atoms with Crippen LogP contribution in [0.4, 0.5) is 17.5 Å². The maximum absolute atomic E-state index is 13.1. The first-order chi connectivity index (χ1) is 15.5. The van der Waals surface area contributed by atoms with Gasteiger partial charge in [-0.2, -0.15) is 10.1 Å². The van der Waals surface area contributed by atoms with Gasteiger partial charge >= 0.3 is 0 Å². The van der Waals surface area contributed by atoms with E-state index >= 15 is 0 Å². The fourth-order valence-electron chi connectivity index (χ4n) is 3.83. The van der Waals surface area contributed by atoms with Crippen molar-refractivity contribution in [2.24, 2.45) is 7.05 Å². The summed E-state index contributed by atoms with van der Waals surface area (Å²) in [5.74, 6) is 1.84. The van der Waals surface area contributed by atoms with E-state index in [0.29, 0.717) is 28.8 Å². The average Bonchev–Trinajstić information content (AvgIpc) is 3.21. The third-order valence-corrected chi connectivity index (χ3v) is 5.54. The molecule has 3 heterocycles. The summed E-state index contributed by atoms with van der Waals surface area (Å²) in [7, 11) is 7.19. The molecule has 4 rings (SSSR count). The maximum Gasteiger partial charge on any atom is 0.274 e. The van der Waals surface area contributed by atoms with Gasteiger partial charge in [0.2, 0.25) is 5.95 Å². The smallest absolute Gasteiger partial charge is 0.274 e. The number of rotatable bonds is 6. The Bertz CT molecular complexity index is 1100. The van der Waals surface area contributed by atoms with Crippen LogP contribution in [0.15, 0.2) is 36.5 Å². The van der Waals surface area contributed by atoms with Crippen LogP contribution in [0, 0.1) is 0 Å². The summed E-state index contributed by atoms with van der Waals surface area (Å²) in [6.07, 6.45) is 5.22. The molecule has 1 amide bonds. The zero-order valence-electron chi connectivity index (χ0n) is 19.0. The van der Waals surface area contributed by atoms with E-state index in [2.05, 4.69) is 20.3 Å². The summed E-state index contributed by atoms with van der Waals surface area (Å²) in [6, 6.07) is 9.36. The predicted octanol–water partition coefficient (Wildman–Crippen LogP) is 3.19. The van der Waals surface area contributed by atoms with Crippen molar-refractivity contribution in [1.29, 1.82) is 0 Å². The summed E-state index contributed by atoms with van der Waals surface area (Å²) >= 11 is 0. The lowest BCUT2D eigenvalue weighted by Crippen LogP contribution is -2.31. The Balaban J connectivity index is 1.57. The molecule has 0 radical (unpaired) electrons. The quantitative estimate of drug-likeness (QED) is 0.636. The number of aromatic nitrogens is 4. The van der Waals surface area contributed by atoms with Gasteiger partial charge in [-0.05, 0) is 37.5 Å². The van der Waals surface area contributed by atoms with E-state index in [4.69, 9.17) is 9.72 Å². The van der Waals surface area contributed by atoms with Crippen molar-refractivity contribution >= 4 is 23.4 Å². The van der Waals surface area contributed by atoms with Crippen molar-refractivity contribution < 1.29 is 9.53 Å². The van der Waals surface area contributed by atoms with E-state index in [0.717, 1.165) is 37.2 Å². The van der Waals surface area contributed by atoms with E-state index in [-0.39, 0.29) is 5.91 Å². The molecule has 0 unspecified atom stereocenters. The third-order valence-electron chi connectivity index (χ3n) is 5.54. The van der Waals surface area contributed by atoms with Crippen LogP contribution in [0.1, 0.15) is 29.8 Å². The maximum atomic E-state index is 13.1. The number of carbonyl (C=O) groups excluding carboxylic acids is 1. The van der Waals surface area contributed by atoms with Gasteiger partial charge in [-0.15, -0.1) is 0 Å². The SMILES string of the molecule is COc1cccc(-c2cc(C(=O)Nc3cnc(N4CCCCC4)nc3N(C)C)n(C)n2)c1. The lowest BCUT2D eigenvalue weighted by molar-refractivity contribution is 0.101. The summed E-state index contributed by atoms with van der Waals surface area (Å²) in [6.45, 7) is 1.92. The minimum atomic E-state index is -0.272. The molecule has 2 aromatic heterocycles. The second-order valence-corrected chi connectivity index (χ2v) is 8.07. The molecule has 9 heteroatoms. The summed E-state index contributed by atoms with van der Waals surface area (Å²) in [4.78, 5) is 26.4. The molecule has 0 atom stereocenters. The number of hydrogen-bond donors (Lipinski definition) is 1. The number of nitrogens with one attached hydrogen (secondary N) is 1. The molecule has 32 heavy (non-hydrogen) atoms. The van der Waals surface area contributed by atoms with Crippen LogP contribution in [0.25, 0.3) is 11.3 Å². The van der Waals surface area contributed by atoms with Gasteiger partial charge in [0.25, 0.3) is 5.91 Å². The number of hydrogen-bond acceptors (Lipinski definition) is 7. The zero-order valence-corrected chi connectivity index (χ0v) is 19.0. The topological polar surface area (TPSA) is 88.4 Å². The van der Waals surface area contributed by atoms with E-state index in [1.807, 2.05) is 43.3 Å². The number of aryl methyl sites for hydroxylation is 1. The molecule has 1 fully saturated rings. The molecule has 1 aliphatic heterocycles. The molecule has 1 saturated heterocycles. The monoisotopic (exact) mass is 435 g/mol. The highest BCUT2D eigenvalue weighted by atomic mass is 16.5. The number of carbonyl (C=O) groups is 1. The van der Waals surface area contributed by atoms with Gasteiger partial charge in [-0.1, -0.05) is 12.1 Å². The molecule has 1 aliphatic rings. The van der Waals surface area contributed by atoms with Crippen LogP contribution in [0.5, 0.6) is 5.75 Å². The number of ether oxygens (including phenoxy) is 1. The summed E-state index contributed by atoms with van der Waals surface area (Å²) < 4.78 is 6.86. The molecule has 3 aromatic rings. The fraction of sp³-hybridized carbons (Fsp3) is 0.391. The molecule has 0 bridgehead atoms. The summed E-state index contributed by atoms with van der Waals surface area (Å²) in [5.41, 5.74) is 2.57. The first-order valence-electron chi connectivity index (χ1n) is 10.8. The molecule has 0 aliphatic carbocycles. The molecular weight excluding hydrogens is 406 g/mol. The molecule has 1 N–H and O–H groups in total. The van der Waals surface area contributed by atoms with Crippen LogP contribution in [0.2, 0.25) is 0 Å². The van der Waals surface area contributed by atoms with E-state index < -0.39 is 0 Å². The van der Waals surface area contributed by atoms with Crippen molar-refractivity contribution in [3.8, 4) is 17.0 Å². The second kappa shape index (κ2) is 9.25. The molecule has 0 spiro atoms. The van der Waals surface area contributed by atoms with Gasteiger partial charge in [-0.25, -0.2) is 4.98 Å². The minimum Gasteiger partial charge on any atom is -0.497 e. The molecular formula is C23H29N7O2. The van der Waals surface area contributed by atoms with Gasteiger partial charge in [-0.3, -0.25) is 9.48 Å². The lowest BCUT2D eigenvalue weighted by atomic mass is 10.1. The summed E-state index contributed by atoms with van der Waals surface area (Å²) in [5, 5.41) is 7.46. The lowest BCUT2D eigenvalue weighted by Gasteiger charge is -2.28. The number of benzene rings is 1. The number of anilines is 3. The Morgan fingerprint density at radius 1 is 1.16 bits per heavy atom. The normalized spacial score (nSPS) is 13.7. The highest BCUT2D eigenvalue weighted by molar-refractivity contribution is 6.05. The van der Waals surface area contributed by atoms with Gasteiger partial charge < -0.3 is 19.9 Å². The highest BCUT2D eigenvalue weighted by Gasteiger charge is 2.20. The van der Waals surface area contributed by atoms with Crippen molar-refractivity contribution in [3.63, 3.8) is 0 Å². The van der Waals surface area contributed by atoms with Crippen molar-refractivity contribution in [3.05, 3.63) is 42.2 Å². The average molecular weight is 436 g/mol. The van der Waals surface area contributed by atoms with E-state index in [1.165, 1.54) is 6.42 Å². The molecule has 168 valence electrons. The van der Waals surface area contributed by atoms with Crippen molar-refractivity contribution in [1.82, 2.24) is 19.7 Å². The largest absolute Gasteiger partial charge is 0.497 e.